The first-order valence-corrected chi connectivity index (χ1v) is 5.77. The van der Waals surface area contributed by atoms with Crippen LogP contribution in [0.3, 0.4) is 0 Å². The molecule has 3 nitrogen and oxygen atoms in total. The molecule has 0 atom stereocenters. The van der Waals surface area contributed by atoms with Crippen molar-refractivity contribution in [2.75, 3.05) is 0 Å². The summed E-state index contributed by atoms with van der Waals surface area (Å²) in [7, 11) is 0. The standard InChI is InChI=1S/C13H20O3/c14-12-10-8-6-4-2-1-3-5-7-9-11-13(15)16/h5,7,9,11-12H,1-4,6,8,10H2,(H,15,16)/b7-5-,11-9+. The molecule has 0 amide bonds. The third-order valence-corrected chi connectivity index (χ3v) is 2.18. The molecule has 0 aromatic carbocycles. The second-order valence-electron chi connectivity index (χ2n) is 3.64. The maximum atomic E-state index is 10.1. The van der Waals surface area contributed by atoms with Crippen LogP contribution in [0.2, 0.25) is 0 Å². The van der Waals surface area contributed by atoms with Crippen LogP contribution in [0.15, 0.2) is 24.3 Å². The van der Waals surface area contributed by atoms with Crippen LogP contribution < -0.4 is 0 Å². The van der Waals surface area contributed by atoms with E-state index in [4.69, 9.17) is 5.11 Å². The molecular formula is C13H20O3. The van der Waals surface area contributed by atoms with Gasteiger partial charge in [0.25, 0.3) is 0 Å². The lowest BCUT2D eigenvalue weighted by Gasteiger charge is -1.96. The molecule has 90 valence electrons. The average molecular weight is 224 g/mol. The van der Waals surface area contributed by atoms with Crippen molar-refractivity contribution in [2.24, 2.45) is 0 Å². The minimum atomic E-state index is -0.917. The highest BCUT2D eigenvalue weighted by atomic mass is 16.4. The second-order valence-corrected chi connectivity index (χ2v) is 3.64. The van der Waals surface area contributed by atoms with Gasteiger partial charge in [0.1, 0.15) is 6.29 Å². The number of aldehydes is 1. The van der Waals surface area contributed by atoms with E-state index in [0.29, 0.717) is 6.42 Å². The summed E-state index contributed by atoms with van der Waals surface area (Å²) < 4.78 is 0. The van der Waals surface area contributed by atoms with Crippen LogP contribution in [0, 0.1) is 0 Å². The molecule has 3 heteroatoms. The van der Waals surface area contributed by atoms with Crippen molar-refractivity contribution in [2.45, 2.75) is 44.9 Å². The van der Waals surface area contributed by atoms with Crippen LogP contribution in [0.4, 0.5) is 0 Å². The molecule has 0 saturated heterocycles. The van der Waals surface area contributed by atoms with Crippen molar-refractivity contribution in [3.05, 3.63) is 24.3 Å². The summed E-state index contributed by atoms with van der Waals surface area (Å²) in [5.41, 5.74) is 0. The first-order chi connectivity index (χ1) is 7.77. The smallest absolute Gasteiger partial charge is 0.328 e. The normalized spacial score (nSPS) is 11.2. The van der Waals surface area contributed by atoms with Crippen molar-refractivity contribution in [1.82, 2.24) is 0 Å². The minimum absolute atomic E-state index is 0.680. The number of unbranched alkanes of at least 4 members (excludes halogenated alkanes) is 6. The lowest BCUT2D eigenvalue weighted by molar-refractivity contribution is -0.131. The Labute approximate surface area is 96.9 Å². The average Bonchev–Trinajstić information content (AvgIpc) is 2.25. The molecular weight excluding hydrogens is 204 g/mol. The molecule has 0 bridgehead atoms. The number of carbonyl (C=O) groups is 2. The van der Waals surface area contributed by atoms with Gasteiger partial charge >= 0.3 is 5.97 Å². The summed E-state index contributed by atoms with van der Waals surface area (Å²) in [5, 5.41) is 8.31. The van der Waals surface area contributed by atoms with Crippen molar-refractivity contribution < 1.29 is 14.7 Å². The van der Waals surface area contributed by atoms with Gasteiger partial charge in [-0.25, -0.2) is 4.79 Å². The summed E-state index contributed by atoms with van der Waals surface area (Å²) >= 11 is 0. The number of carbonyl (C=O) groups excluding carboxylic acids is 1. The first-order valence-electron chi connectivity index (χ1n) is 5.77. The van der Waals surface area contributed by atoms with Crippen LogP contribution in [-0.2, 0) is 9.59 Å². The maximum Gasteiger partial charge on any atom is 0.328 e. The molecule has 0 fully saturated rings. The van der Waals surface area contributed by atoms with E-state index in [1.54, 1.807) is 6.08 Å². The van der Waals surface area contributed by atoms with Crippen molar-refractivity contribution in [3.63, 3.8) is 0 Å². The first kappa shape index (κ1) is 14.6. The zero-order chi connectivity index (χ0) is 12.1. The molecule has 1 N–H and O–H groups in total. The van der Waals surface area contributed by atoms with Crippen molar-refractivity contribution in [3.8, 4) is 0 Å². The van der Waals surface area contributed by atoms with Gasteiger partial charge in [-0.05, 0) is 19.3 Å². The van der Waals surface area contributed by atoms with E-state index in [1.807, 2.05) is 6.08 Å². The van der Waals surface area contributed by atoms with E-state index >= 15 is 0 Å². The number of carboxylic acids is 1. The van der Waals surface area contributed by atoms with Crippen LogP contribution in [0.25, 0.3) is 0 Å². The second kappa shape index (κ2) is 11.7. The number of hydrogen-bond donors (Lipinski definition) is 1. The Balaban J connectivity index is 3.20. The van der Waals surface area contributed by atoms with E-state index in [2.05, 4.69) is 0 Å². The van der Waals surface area contributed by atoms with Crippen LogP contribution in [-0.4, -0.2) is 17.4 Å². The zero-order valence-electron chi connectivity index (χ0n) is 9.60. The summed E-state index contributed by atoms with van der Waals surface area (Å²) in [6.07, 6.45) is 14.6. The van der Waals surface area contributed by atoms with Crippen molar-refractivity contribution in [1.29, 1.82) is 0 Å². The van der Waals surface area contributed by atoms with E-state index in [1.165, 1.54) is 18.9 Å². The van der Waals surface area contributed by atoms with Gasteiger partial charge in [0.15, 0.2) is 0 Å². The largest absolute Gasteiger partial charge is 0.478 e. The number of rotatable bonds is 10. The number of aliphatic carboxylic acids is 1. The maximum absolute atomic E-state index is 10.1. The Morgan fingerprint density at radius 3 is 2.19 bits per heavy atom. The Kier molecular flexibility index (Phi) is 10.7. The molecule has 0 aromatic heterocycles. The number of hydrogen-bond acceptors (Lipinski definition) is 2. The van der Waals surface area contributed by atoms with Gasteiger partial charge in [0.05, 0.1) is 0 Å². The molecule has 0 heterocycles. The Hall–Kier alpha value is -1.38. The lowest BCUT2D eigenvalue weighted by Crippen LogP contribution is -1.84. The van der Waals surface area contributed by atoms with Crippen LogP contribution in [0.1, 0.15) is 44.9 Å². The van der Waals surface area contributed by atoms with Gasteiger partial charge in [-0.1, -0.05) is 37.5 Å². The van der Waals surface area contributed by atoms with E-state index in [-0.39, 0.29) is 0 Å². The van der Waals surface area contributed by atoms with Crippen molar-refractivity contribution >= 4 is 12.3 Å². The van der Waals surface area contributed by atoms with E-state index in [9.17, 15) is 9.59 Å². The lowest BCUT2D eigenvalue weighted by atomic mass is 10.1. The Bertz CT molecular complexity index is 242. The summed E-state index contributed by atoms with van der Waals surface area (Å²) in [4.78, 5) is 20.1. The molecule has 0 rings (SSSR count). The molecule has 0 radical (unpaired) electrons. The quantitative estimate of drug-likeness (QED) is 0.268. The van der Waals surface area contributed by atoms with E-state index in [0.717, 1.165) is 38.0 Å². The van der Waals surface area contributed by atoms with E-state index < -0.39 is 5.97 Å². The Morgan fingerprint density at radius 2 is 1.56 bits per heavy atom. The molecule has 0 saturated carbocycles. The van der Waals surface area contributed by atoms with Gasteiger partial charge in [-0.3, -0.25) is 0 Å². The number of allylic oxidation sites excluding steroid dienone is 3. The topological polar surface area (TPSA) is 54.4 Å². The SMILES string of the molecule is O=CCCCCCCC/C=C\C=C\C(=O)O. The third-order valence-electron chi connectivity index (χ3n) is 2.18. The fourth-order valence-electron chi connectivity index (χ4n) is 1.33. The zero-order valence-corrected chi connectivity index (χ0v) is 9.60. The minimum Gasteiger partial charge on any atom is -0.478 e. The van der Waals surface area contributed by atoms with Gasteiger partial charge < -0.3 is 9.90 Å². The summed E-state index contributed by atoms with van der Waals surface area (Å²) in [6.45, 7) is 0. The highest BCUT2D eigenvalue weighted by Crippen LogP contribution is 2.06. The molecule has 0 aliphatic carbocycles. The molecule has 0 aliphatic rings. The fraction of sp³-hybridized carbons (Fsp3) is 0.538. The van der Waals surface area contributed by atoms with Gasteiger partial charge in [-0.2, -0.15) is 0 Å². The monoisotopic (exact) mass is 224 g/mol. The van der Waals surface area contributed by atoms with Gasteiger partial charge in [0.2, 0.25) is 0 Å². The van der Waals surface area contributed by atoms with Gasteiger partial charge in [0, 0.05) is 12.5 Å². The predicted molar refractivity (Wildman–Crippen MR) is 64.3 cm³/mol. The predicted octanol–water partition coefficient (Wildman–Crippen LogP) is 3.11. The van der Waals surface area contributed by atoms with Crippen LogP contribution in [0.5, 0.6) is 0 Å². The molecule has 0 aromatic rings. The Morgan fingerprint density at radius 1 is 0.938 bits per heavy atom. The highest BCUT2D eigenvalue weighted by molar-refractivity contribution is 5.80. The molecule has 0 unspecified atom stereocenters. The fourth-order valence-corrected chi connectivity index (χ4v) is 1.33. The third kappa shape index (κ3) is 12.6. The molecule has 0 aliphatic heterocycles. The summed E-state index contributed by atoms with van der Waals surface area (Å²) in [5.74, 6) is -0.917. The summed E-state index contributed by atoms with van der Waals surface area (Å²) in [6, 6.07) is 0. The van der Waals surface area contributed by atoms with Gasteiger partial charge in [-0.15, -0.1) is 0 Å². The molecule has 0 spiro atoms. The molecule has 16 heavy (non-hydrogen) atoms. The highest BCUT2D eigenvalue weighted by Gasteiger charge is 1.89. The number of carboxylic acid groups (broad SMARTS) is 1. The van der Waals surface area contributed by atoms with Crippen LogP contribution >= 0.6 is 0 Å².